The van der Waals surface area contributed by atoms with Gasteiger partial charge in [-0.25, -0.2) is 14.8 Å². The van der Waals surface area contributed by atoms with Gasteiger partial charge in [0.1, 0.15) is 5.82 Å². The molecule has 1 aliphatic heterocycles. The lowest BCUT2D eigenvalue weighted by Crippen LogP contribution is -2.40. The highest BCUT2D eigenvalue weighted by molar-refractivity contribution is 6.30. The number of aromatic nitrogens is 2. The highest BCUT2D eigenvalue weighted by Crippen LogP contribution is 2.29. The van der Waals surface area contributed by atoms with Gasteiger partial charge >= 0.3 is 6.03 Å². The van der Waals surface area contributed by atoms with E-state index in [2.05, 4.69) is 17.1 Å². The number of anilines is 2. The first kappa shape index (κ1) is 21.1. The molecule has 0 bridgehead atoms. The molecule has 0 aliphatic carbocycles. The van der Waals surface area contributed by atoms with Gasteiger partial charge in [-0.15, -0.1) is 0 Å². The molecular weight excluding hydrogens is 410 g/mol. The zero-order valence-electron chi connectivity index (χ0n) is 17.8. The highest BCUT2D eigenvalue weighted by atomic mass is 35.5. The van der Waals surface area contributed by atoms with Crippen molar-refractivity contribution in [2.24, 2.45) is 0 Å². The molecule has 160 valence electrons. The Labute approximate surface area is 187 Å². The van der Waals surface area contributed by atoms with Gasteiger partial charge in [0, 0.05) is 48.4 Å². The molecule has 7 heteroatoms. The Bertz CT molecular complexity index is 1070. The molecule has 2 amide bonds. The van der Waals surface area contributed by atoms with Crippen LogP contribution in [0.3, 0.4) is 0 Å². The predicted molar refractivity (Wildman–Crippen MR) is 126 cm³/mol. The summed E-state index contributed by atoms with van der Waals surface area (Å²) < 4.78 is 0. The minimum atomic E-state index is -0.149. The Morgan fingerprint density at radius 1 is 1.16 bits per heavy atom. The summed E-state index contributed by atoms with van der Waals surface area (Å²) in [6.45, 7) is 4.10. The zero-order chi connectivity index (χ0) is 21.8. The molecule has 2 heterocycles. The standard InChI is InChI=1S/C24H26ClN5O/c1-3-13-29(2)23-20-16-30(24(31)26-19-11-7-10-18(25)15-19)14-12-21(20)27-22(28-23)17-8-5-4-6-9-17/h4-11,15H,3,12-14,16H2,1-2H3,(H,26,31). The van der Waals surface area contributed by atoms with Crippen molar-refractivity contribution in [3.05, 3.63) is 70.9 Å². The summed E-state index contributed by atoms with van der Waals surface area (Å²) in [7, 11) is 2.05. The Kier molecular flexibility index (Phi) is 6.37. The van der Waals surface area contributed by atoms with Crippen molar-refractivity contribution in [1.29, 1.82) is 0 Å². The Balaban J connectivity index is 1.63. The van der Waals surface area contributed by atoms with Gasteiger partial charge in [0.25, 0.3) is 0 Å². The summed E-state index contributed by atoms with van der Waals surface area (Å²) in [4.78, 5) is 26.6. The van der Waals surface area contributed by atoms with Crippen molar-refractivity contribution in [2.75, 3.05) is 30.4 Å². The zero-order valence-corrected chi connectivity index (χ0v) is 18.6. The molecule has 3 aromatic rings. The minimum Gasteiger partial charge on any atom is -0.359 e. The van der Waals surface area contributed by atoms with Crippen LogP contribution >= 0.6 is 11.6 Å². The Morgan fingerprint density at radius 3 is 2.71 bits per heavy atom. The molecule has 1 N–H and O–H groups in total. The van der Waals surface area contributed by atoms with Gasteiger partial charge in [0.2, 0.25) is 0 Å². The van der Waals surface area contributed by atoms with Crippen LogP contribution < -0.4 is 10.2 Å². The van der Waals surface area contributed by atoms with Crippen molar-refractivity contribution in [1.82, 2.24) is 14.9 Å². The van der Waals surface area contributed by atoms with E-state index in [0.29, 0.717) is 30.2 Å². The number of hydrogen-bond acceptors (Lipinski definition) is 4. The van der Waals surface area contributed by atoms with Crippen LogP contribution in [0.15, 0.2) is 54.6 Å². The molecule has 0 saturated heterocycles. The summed E-state index contributed by atoms with van der Waals surface area (Å²) in [5.41, 5.74) is 3.71. The summed E-state index contributed by atoms with van der Waals surface area (Å²) in [5, 5.41) is 3.53. The Hall–Kier alpha value is -3.12. The normalized spacial score (nSPS) is 12.9. The number of benzene rings is 2. The van der Waals surface area contributed by atoms with Crippen LogP contribution in [-0.4, -0.2) is 41.0 Å². The van der Waals surface area contributed by atoms with E-state index in [-0.39, 0.29) is 6.03 Å². The fourth-order valence-electron chi connectivity index (χ4n) is 3.81. The number of amides is 2. The van der Waals surface area contributed by atoms with Crippen molar-refractivity contribution in [3.63, 3.8) is 0 Å². The molecule has 0 radical (unpaired) electrons. The van der Waals surface area contributed by atoms with E-state index in [4.69, 9.17) is 21.6 Å². The SMILES string of the molecule is CCCN(C)c1nc(-c2ccccc2)nc2c1CN(C(=O)Nc1cccc(Cl)c1)CC2. The monoisotopic (exact) mass is 435 g/mol. The quantitative estimate of drug-likeness (QED) is 0.595. The number of nitrogens with zero attached hydrogens (tertiary/aromatic N) is 4. The number of hydrogen-bond donors (Lipinski definition) is 1. The predicted octanol–water partition coefficient (Wildman–Crippen LogP) is 5.23. The van der Waals surface area contributed by atoms with E-state index in [1.165, 1.54) is 0 Å². The van der Waals surface area contributed by atoms with Crippen LogP contribution in [-0.2, 0) is 13.0 Å². The summed E-state index contributed by atoms with van der Waals surface area (Å²) >= 11 is 6.04. The second-order valence-corrected chi connectivity index (χ2v) is 8.13. The smallest absolute Gasteiger partial charge is 0.322 e. The molecule has 0 unspecified atom stereocenters. The molecule has 0 atom stereocenters. The second-order valence-electron chi connectivity index (χ2n) is 7.70. The first-order valence-corrected chi connectivity index (χ1v) is 10.9. The molecule has 2 aromatic carbocycles. The van der Waals surface area contributed by atoms with E-state index in [9.17, 15) is 4.79 Å². The van der Waals surface area contributed by atoms with Crippen LogP contribution in [0.4, 0.5) is 16.3 Å². The molecule has 4 rings (SSSR count). The third-order valence-electron chi connectivity index (χ3n) is 5.35. The van der Waals surface area contributed by atoms with Crippen LogP contribution in [0.5, 0.6) is 0 Å². The van der Waals surface area contributed by atoms with Gasteiger partial charge in [-0.3, -0.25) is 0 Å². The van der Waals surface area contributed by atoms with Crippen molar-refractivity contribution in [3.8, 4) is 11.4 Å². The van der Waals surface area contributed by atoms with E-state index in [0.717, 1.165) is 41.4 Å². The van der Waals surface area contributed by atoms with Gasteiger partial charge in [0.05, 0.1) is 12.2 Å². The minimum absolute atomic E-state index is 0.149. The fraction of sp³-hybridized carbons (Fsp3) is 0.292. The second kappa shape index (κ2) is 9.35. The first-order valence-electron chi connectivity index (χ1n) is 10.5. The molecule has 0 saturated carbocycles. The maximum absolute atomic E-state index is 12.9. The maximum atomic E-state index is 12.9. The largest absolute Gasteiger partial charge is 0.359 e. The van der Waals surface area contributed by atoms with Crippen molar-refractivity contribution >= 4 is 29.1 Å². The molecular formula is C24H26ClN5O. The van der Waals surface area contributed by atoms with Gasteiger partial charge in [-0.2, -0.15) is 0 Å². The van der Waals surface area contributed by atoms with Gasteiger partial charge in [0.15, 0.2) is 5.82 Å². The maximum Gasteiger partial charge on any atom is 0.322 e. The summed E-state index contributed by atoms with van der Waals surface area (Å²) in [6.07, 6.45) is 1.70. The average Bonchev–Trinajstić information content (AvgIpc) is 2.78. The topological polar surface area (TPSA) is 61.4 Å². The Morgan fingerprint density at radius 2 is 1.97 bits per heavy atom. The number of carbonyl (C=O) groups is 1. The lowest BCUT2D eigenvalue weighted by molar-refractivity contribution is 0.206. The third kappa shape index (κ3) is 4.80. The van der Waals surface area contributed by atoms with Crippen LogP contribution in [0.2, 0.25) is 5.02 Å². The van der Waals surface area contributed by atoms with E-state index >= 15 is 0 Å². The fourth-order valence-corrected chi connectivity index (χ4v) is 4.00. The summed E-state index contributed by atoms with van der Waals surface area (Å²) in [5.74, 6) is 1.63. The van der Waals surface area contributed by atoms with Gasteiger partial charge < -0.3 is 15.1 Å². The average molecular weight is 436 g/mol. The summed E-state index contributed by atoms with van der Waals surface area (Å²) in [6, 6.07) is 17.1. The number of rotatable bonds is 5. The lowest BCUT2D eigenvalue weighted by Gasteiger charge is -2.32. The number of fused-ring (bicyclic) bond motifs is 1. The van der Waals surface area contributed by atoms with E-state index < -0.39 is 0 Å². The van der Waals surface area contributed by atoms with E-state index in [1.807, 2.05) is 49.5 Å². The highest BCUT2D eigenvalue weighted by Gasteiger charge is 2.27. The van der Waals surface area contributed by atoms with E-state index in [1.54, 1.807) is 17.0 Å². The third-order valence-corrected chi connectivity index (χ3v) is 5.59. The van der Waals surface area contributed by atoms with Crippen LogP contribution in [0.25, 0.3) is 11.4 Å². The van der Waals surface area contributed by atoms with Crippen molar-refractivity contribution < 1.29 is 4.79 Å². The first-order chi connectivity index (χ1) is 15.0. The van der Waals surface area contributed by atoms with Crippen molar-refractivity contribution in [2.45, 2.75) is 26.3 Å². The number of carbonyl (C=O) groups excluding carboxylic acids is 1. The molecule has 6 nitrogen and oxygen atoms in total. The van der Waals surface area contributed by atoms with Crippen LogP contribution in [0, 0.1) is 0 Å². The lowest BCUT2D eigenvalue weighted by atomic mass is 10.0. The molecule has 0 fully saturated rings. The molecule has 31 heavy (non-hydrogen) atoms. The molecule has 1 aliphatic rings. The number of urea groups is 1. The van der Waals surface area contributed by atoms with Gasteiger partial charge in [-0.05, 0) is 24.6 Å². The van der Waals surface area contributed by atoms with Crippen LogP contribution in [0.1, 0.15) is 24.6 Å². The number of halogens is 1. The number of nitrogens with one attached hydrogen (secondary N) is 1. The van der Waals surface area contributed by atoms with Gasteiger partial charge in [-0.1, -0.05) is 54.9 Å². The molecule has 1 aromatic heterocycles. The molecule has 0 spiro atoms.